The molecule has 1 fully saturated rings. The summed E-state index contributed by atoms with van der Waals surface area (Å²) in [6, 6.07) is 0.00389. The van der Waals surface area contributed by atoms with Gasteiger partial charge in [-0.25, -0.2) is 0 Å². The van der Waals surface area contributed by atoms with Gasteiger partial charge in [0.25, 0.3) is 5.91 Å². The Bertz CT molecular complexity index is 329. The second-order valence-corrected chi connectivity index (χ2v) is 3.91. The molecule has 2 rings (SSSR count). The highest BCUT2D eigenvalue weighted by atomic mass is 32.1. The third-order valence-electron chi connectivity index (χ3n) is 2.37. The van der Waals surface area contributed by atoms with Crippen LogP contribution in [0.4, 0.5) is 0 Å². The molecule has 1 aromatic heterocycles. The number of rotatable bonds is 3. The molecule has 0 aliphatic carbocycles. The maximum atomic E-state index is 11.6. The third kappa shape index (κ3) is 2.31. The minimum atomic E-state index is -0.195. The van der Waals surface area contributed by atoms with E-state index < -0.39 is 0 Å². The van der Waals surface area contributed by atoms with Crippen LogP contribution in [0.25, 0.3) is 0 Å². The van der Waals surface area contributed by atoms with Crippen molar-refractivity contribution in [3.05, 3.63) is 11.1 Å². The van der Waals surface area contributed by atoms with Crippen molar-refractivity contribution < 1.29 is 9.53 Å². The van der Waals surface area contributed by atoms with Crippen molar-refractivity contribution in [2.45, 2.75) is 12.1 Å². The van der Waals surface area contributed by atoms with Gasteiger partial charge in [-0.05, 0) is 11.5 Å². The summed E-state index contributed by atoms with van der Waals surface area (Å²) < 4.78 is 8.87. The SMILES string of the molecule is CO[C@H]1CNCC1NC(=O)c1csnn1. The zero-order valence-electron chi connectivity index (χ0n) is 8.27. The standard InChI is InChI=1S/C8H12N4O2S/c1-14-7-3-9-2-5(7)10-8(13)6-4-15-12-11-6/h4-5,7,9H,2-3H2,1H3,(H,10,13)/t5?,7-/m0/s1. The van der Waals surface area contributed by atoms with Gasteiger partial charge in [0.1, 0.15) is 0 Å². The fraction of sp³-hybridized carbons (Fsp3) is 0.625. The number of nitrogens with one attached hydrogen (secondary N) is 2. The Hall–Kier alpha value is -1.05. The zero-order chi connectivity index (χ0) is 10.7. The smallest absolute Gasteiger partial charge is 0.273 e. The third-order valence-corrected chi connectivity index (χ3v) is 2.88. The number of aromatic nitrogens is 2. The summed E-state index contributed by atoms with van der Waals surface area (Å²) in [5, 5.41) is 11.3. The number of methoxy groups -OCH3 is 1. The second-order valence-electron chi connectivity index (χ2n) is 3.30. The van der Waals surface area contributed by atoms with Crippen LogP contribution in [0.5, 0.6) is 0 Å². The van der Waals surface area contributed by atoms with E-state index >= 15 is 0 Å². The predicted molar refractivity (Wildman–Crippen MR) is 54.8 cm³/mol. The lowest BCUT2D eigenvalue weighted by Crippen LogP contribution is -2.43. The van der Waals surface area contributed by atoms with Crippen molar-refractivity contribution in [1.82, 2.24) is 20.2 Å². The lowest BCUT2D eigenvalue weighted by atomic mass is 10.2. The van der Waals surface area contributed by atoms with E-state index in [1.807, 2.05) is 0 Å². The largest absolute Gasteiger partial charge is 0.378 e. The first-order chi connectivity index (χ1) is 7.31. The lowest BCUT2D eigenvalue weighted by molar-refractivity contribution is 0.0776. The maximum absolute atomic E-state index is 11.6. The molecule has 0 radical (unpaired) electrons. The van der Waals surface area contributed by atoms with E-state index in [9.17, 15) is 4.79 Å². The number of ether oxygens (including phenoxy) is 1. The summed E-state index contributed by atoms with van der Waals surface area (Å²) in [7, 11) is 1.64. The molecule has 1 unspecified atom stereocenters. The fourth-order valence-corrected chi connectivity index (χ4v) is 1.99. The van der Waals surface area contributed by atoms with Gasteiger partial charge in [-0.1, -0.05) is 4.49 Å². The van der Waals surface area contributed by atoms with Gasteiger partial charge in [-0.15, -0.1) is 5.10 Å². The molecule has 2 atom stereocenters. The van der Waals surface area contributed by atoms with Crippen LogP contribution in [0, 0.1) is 0 Å². The molecular weight excluding hydrogens is 216 g/mol. The summed E-state index contributed by atoms with van der Waals surface area (Å²) in [5.74, 6) is -0.195. The number of amides is 1. The molecule has 0 bridgehead atoms. The number of carbonyl (C=O) groups is 1. The van der Waals surface area contributed by atoms with Gasteiger partial charge < -0.3 is 15.4 Å². The minimum Gasteiger partial charge on any atom is -0.378 e. The van der Waals surface area contributed by atoms with Gasteiger partial charge in [0.15, 0.2) is 5.69 Å². The van der Waals surface area contributed by atoms with E-state index in [1.165, 1.54) is 0 Å². The van der Waals surface area contributed by atoms with Gasteiger partial charge in [-0.3, -0.25) is 4.79 Å². The molecule has 1 amide bonds. The minimum absolute atomic E-state index is 0.00389. The first kappa shape index (κ1) is 10.5. The normalized spacial score (nSPS) is 25.4. The van der Waals surface area contributed by atoms with Crippen LogP contribution in [0.3, 0.4) is 0 Å². The summed E-state index contributed by atoms with van der Waals surface area (Å²) >= 11 is 1.16. The summed E-state index contributed by atoms with van der Waals surface area (Å²) in [4.78, 5) is 11.6. The topological polar surface area (TPSA) is 76.1 Å². The number of carbonyl (C=O) groups excluding carboxylic acids is 1. The average molecular weight is 228 g/mol. The Morgan fingerprint density at radius 1 is 1.73 bits per heavy atom. The maximum Gasteiger partial charge on any atom is 0.273 e. The van der Waals surface area contributed by atoms with E-state index in [1.54, 1.807) is 12.5 Å². The summed E-state index contributed by atoms with van der Waals surface area (Å²) in [6.45, 7) is 1.48. The van der Waals surface area contributed by atoms with Crippen LogP contribution in [0.1, 0.15) is 10.5 Å². The van der Waals surface area contributed by atoms with Crippen LogP contribution in [0.2, 0.25) is 0 Å². The Morgan fingerprint density at radius 2 is 2.60 bits per heavy atom. The van der Waals surface area contributed by atoms with Crippen LogP contribution >= 0.6 is 11.5 Å². The highest BCUT2D eigenvalue weighted by molar-refractivity contribution is 7.03. The number of hydrogen-bond acceptors (Lipinski definition) is 6. The molecule has 1 saturated heterocycles. The van der Waals surface area contributed by atoms with E-state index in [4.69, 9.17) is 4.74 Å². The van der Waals surface area contributed by atoms with E-state index in [0.717, 1.165) is 24.6 Å². The fourth-order valence-electron chi connectivity index (χ4n) is 1.55. The van der Waals surface area contributed by atoms with Gasteiger partial charge >= 0.3 is 0 Å². The monoisotopic (exact) mass is 228 g/mol. The molecule has 0 aromatic carbocycles. The molecule has 7 heteroatoms. The van der Waals surface area contributed by atoms with E-state index in [-0.39, 0.29) is 18.1 Å². The Balaban J connectivity index is 1.94. The average Bonchev–Trinajstić information content (AvgIpc) is 2.87. The molecule has 0 spiro atoms. The van der Waals surface area contributed by atoms with Crippen LogP contribution in [0.15, 0.2) is 5.38 Å². The summed E-state index contributed by atoms with van der Waals surface area (Å²) in [5.41, 5.74) is 0.363. The molecule has 15 heavy (non-hydrogen) atoms. The predicted octanol–water partition coefficient (Wildman–Crippen LogP) is -0.745. The molecule has 2 N–H and O–H groups in total. The van der Waals surface area contributed by atoms with E-state index in [2.05, 4.69) is 20.2 Å². The van der Waals surface area contributed by atoms with Crippen molar-refractivity contribution in [3.63, 3.8) is 0 Å². The molecular formula is C8H12N4O2S. The molecule has 2 heterocycles. The van der Waals surface area contributed by atoms with Crippen LogP contribution in [-0.4, -0.2) is 47.8 Å². The van der Waals surface area contributed by atoms with Crippen molar-refractivity contribution >= 4 is 17.4 Å². The van der Waals surface area contributed by atoms with Crippen molar-refractivity contribution in [2.75, 3.05) is 20.2 Å². The molecule has 0 saturated carbocycles. The Labute approximate surface area is 91.2 Å². The van der Waals surface area contributed by atoms with E-state index in [0.29, 0.717) is 5.69 Å². The zero-order valence-corrected chi connectivity index (χ0v) is 9.08. The van der Waals surface area contributed by atoms with Gasteiger partial charge in [0.05, 0.1) is 12.1 Å². The highest BCUT2D eigenvalue weighted by Gasteiger charge is 2.28. The first-order valence-corrected chi connectivity index (χ1v) is 5.46. The van der Waals surface area contributed by atoms with Crippen molar-refractivity contribution in [2.24, 2.45) is 0 Å². The number of hydrogen-bond donors (Lipinski definition) is 2. The van der Waals surface area contributed by atoms with Crippen LogP contribution < -0.4 is 10.6 Å². The molecule has 82 valence electrons. The summed E-state index contributed by atoms with van der Waals surface area (Å²) in [6.07, 6.45) is 0.0283. The van der Waals surface area contributed by atoms with Gasteiger partial charge in [0, 0.05) is 25.6 Å². The molecule has 1 aliphatic heterocycles. The quantitative estimate of drug-likeness (QED) is 0.712. The molecule has 1 aliphatic rings. The Kier molecular flexibility index (Phi) is 3.24. The molecule has 6 nitrogen and oxygen atoms in total. The first-order valence-electron chi connectivity index (χ1n) is 4.62. The second kappa shape index (κ2) is 4.65. The van der Waals surface area contributed by atoms with Gasteiger partial charge in [0.2, 0.25) is 0 Å². The van der Waals surface area contributed by atoms with Crippen molar-refractivity contribution in [1.29, 1.82) is 0 Å². The number of nitrogens with zero attached hydrogens (tertiary/aromatic N) is 2. The Morgan fingerprint density at radius 3 is 3.27 bits per heavy atom. The van der Waals surface area contributed by atoms with Gasteiger partial charge in [-0.2, -0.15) is 0 Å². The van der Waals surface area contributed by atoms with Crippen molar-refractivity contribution in [3.8, 4) is 0 Å². The van der Waals surface area contributed by atoms with Crippen LogP contribution in [-0.2, 0) is 4.74 Å². The lowest BCUT2D eigenvalue weighted by Gasteiger charge is -2.17. The highest BCUT2D eigenvalue weighted by Crippen LogP contribution is 2.05. The molecule has 1 aromatic rings.